The van der Waals surface area contributed by atoms with Gasteiger partial charge in [-0.3, -0.25) is 0 Å². The summed E-state index contributed by atoms with van der Waals surface area (Å²) in [4.78, 5) is 11.5. The van der Waals surface area contributed by atoms with E-state index in [-0.39, 0.29) is 0 Å². The molecule has 0 amide bonds. The smallest absolute Gasteiger partial charge is 0.123 e. The zero-order chi connectivity index (χ0) is 28.3. The zero-order valence-electron chi connectivity index (χ0n) is 26.6. The van der Waals surface area contributed by atoms with Gasteiger partial charge in [0.05, 0.1) is 0 Å². The van der Waals surface area contributed by atoms with E-state index in [9.17, 15) is 4.79 Å². The van der Waals surface area contributed by atoms with Crippen LogP contribution in [0.3, 0.4) is 0 Å². The minimum atomic E-state index is 0.291. The van der Waals surface area contributed by atoms with Crippen molar-refractivity contribution in [2.45, 2.75) is 181 Å². The Morgan fingerprint density at radius 3 is 1.10 bits per heavy atom. The third kappa shape index (κ3) is 32.7. The van der Waals surface area contributed by atoms with Gasteiger partial charge in [-0.25, -0.2) is 0 Å². The molecule has 0 aliphatic heterocycles. The van der Waals surface area contributed by atoms with E-state index >= 15 is 0 Å². The summed E-state index contributed by atoms with van der Waals surface area (Å²) < 4.78 is 0. The molecule has 1 nitrogen and oxygen atoms in total. The van der Waals surface area contributed by atoms with Crippen molar-refractivity contribution >= 4 is 6.29 Å². The predicted molar refractivity (Wildman–Crippen MR) is 178 cm³/mol. The molecule has 1 atom stereocenters. The van der Waals surface area contributed by atoms with Crippen LogP contribution in [0, 0.1) is 5.92 Å². The molecular weight excluding hydrogens is 472 g/mol. The summed E-state index contributed by atoms with van der Waals surface area (Å²) in [5, 5.41) is 0. The third-order valence-corrected chi connectivity index (χ3v) is 7.77. The van der Waals surface area contributed by atoms with Gasteiger partial charge in [-0.1, -0.05) is 172 Å². The van der Waals surface area contributed by atoms with Crippen molar-refractivity contribution in [3.63, 3.8) is 0 Å². The number of unbranched alkanes of at least 4 members (excludes halogenated alkanes) is 18. The fraction of sp³-hybridized carbons (Fsp3) is 0.763. The quantitative estimate of drug-likeness (QED) is 0.0485. The minimum absolute atomic E-state index is 0.291. The molecule has 0 aliphatic carbocycles. The van der Waals surface area contributed by atoms with Crippen LogP contribution in [0.1, 0.15) is 181 Å². The highest BCUT2D eigenvalue weighted by atomic mass is 16.1. The van der Waals surface area contributed by atoms with Crippen molar-refractivity contribution in [3.05, 3.63) is 48.6 Å². The predicted octanol–water partition coefficient (Wildman–Crippen LogP) is 13.2. The second kappa shape index (κ2) is 34.7. The molecule has 0 aromatic rings. The van der Waals surface area contributed by atoms with Gasteiger partial charge in [-0.2, -0.15) is 0 Å². The molecular formula is C38H68O. The van der Waals surface area contributed by atoms with Crippen molar-refractivity contribution in [2.24, 2.45) is 5.92 Å². The van der Waals surface area contributed by atoms with E-state index in [0.717, 1.165) is 38.5 Å². The van der Waals surface area contributed by atoms with Crippen LogP contribution in [0.4, 0.5) is 0 Å². The number of carbonyl (C=O) groups is 1. The van der Waals surface area contributed by atoms with Crippen LogP contribution < -0.4 is 0 Å². The third-order valence-electron chi connectivity index (χ3n) is 7.77. The minimum Gasteiger partial charge on any atom is -0.303 e. The van der Waals surface area contributed by atoms with Crippen LogP contribution in [0.15, 0.2) is 48.6 Å². The Bertz CT molecular complexity index is 582. The van der Waals surface area contributed by atoms with Crippen LogP contribution in [-0.4, -0.2) is 6.29 Å². The Kier molecular flexibility index (Phi) is 33.4. The van der Waals surface area contributed by atoms with Crippen molar-refractivity contribution in [1.29, 1.82) is 0 Å². The van der Waals surface area contributed by atoms with E-state index in [4.69, 9.17) is 0 Å². The summed E-state index contributed by atoms with van der Waals surface area (Å²) in [6, 6.07) is 0. The monoisotopic (exact) mass is 541 g/mol. The molecule has 0 aromatic heterocycles. The van der Waals surface area contributed by atoms with Gasteiger partial charge < -0.3 is 4.79 Å². The van der Waals surface area contributed by atoms with Crippen molar-refractivity contribution in [1.82, 2.24) is 0 Å². The molecule has 0 fully saturated rings. The summed E-state index contributed by atoms with van der Waals surface area (Å²) in [5.74, 6) is 0.291. The molecule has 226 valence electrons. The average Bonchev–Trinajstić information content (AvgIpc) is 2.95. The van der Waals surface area contributed by atoms with Crippen molar-refractivity contribution in [3.8, 4) is 0 Å². The molecule has 0 N–H and O–H groups in total. The van der Waals surface area contributed by atoms with Gasteiger partial charge in [0, 0.05) is 5.92 Å². The lowest BCUT2D eigenvalue weighted by Gasteiger charge is -2.09. The molecule has 1 unspecified atom stereocenters. The molecule has 0 aliphatic rings. The van der Waals surface area contributed by atoms with E-state index in [1.54, 1.807) is 0 Å². The van der Waals surface area contributed by atoms with Gasteiger partial charge >= 0.3 is 0 Å². The first kappa shape index (κ1) is 37.6. The SMILES string of the molecule is CCCCC/C=C\C/C=C\C/C=C\C/C=C\CCCCC(C=O)CCCCCCCCCCCCCCCC. The van der Waals surface area contributed by atoms with E-state index in [0.29, 0.717) is 5.92 Å². The highest BCUT2D eigenvalue weighted by molar-refractivity contribution is 5.53. The van der Waals surface area contributed by atoms with Crippen LogP contribution in [0.25, 0.3) is 0 Å². The lowest BCUT2D eigenvalue weighted by molar-refractivity contribution is -0.111. The van der Waals surface area contributed by atoms with E-state index in [1.165, 1.54) is 135 Å². The van der Waals surface area contributed by atoms with Gasteiger partial charge in [0.1, 0.15) is 6.29 Å². The van der Waals surface area contributed by atoms with Gasteiger partial charge in [0.25, 0.3) is 0 Å². The normalized spacial score (nSPS) is 13.1. The maximum absolute atomic E-state index is 11.5. The highest BCUT2D eigenvalue weighted by Crippen LogP contribution is 2.18. The Morgan fingerprint density at radius 2 is 0.692 bits per heavy atom. The van der Waals surface area contributed by atoms with Gasteiger partial charge in [-0.15, -0.1) is 0 Å². The molecule has 0 rings (SSSR count). The standard InChI is InChI=1S/C38H68O/c1-3-5-7-9-11-13-15-17-19-20-21-22-24-26-28-30-32-34-36-38(37-39)35-33-31-29-27-25-23-18-16-14-12-10-8-6-4-2/h11,13,17,19,21-22,26,28,37-38H,3-10,12,14-16,18,20,23-25,27,29-36H2,1-2H3/b13-11-,19-17-,22-21-,28-26-. The molecule has 0 aromatic carbocycles. The number of hydrogen-bond donors (Lipinski definition) is 0. The van der Waals surface area contributed by atoms with Crippen LogP contribution in [-0.2, 0) is 4.79 Å². The summed E-state index contributed by atoms with van der Waals surface area (Å²) in [5.41, 5.74) is 0. The number of aldehydes is 1. The molecule has 0 spiro atoms. The lowest BCUT2D eigenvalue weighted by atomic mass is 9.95. The topological polar surface area (TPSA) is 17.1 Å². The first-order valence-electron chi connectivity index (χ1n) is 17.4. The Balaban J connectivity index is 3.46. The van der Waals surface area contributed by atoms with Crippen LogP contribution >= 0.6 is 0 Å². The molecule has 1 heteroatoms. The lowest BCUT2D eigenvalue weighted by Crippen LogP contribution is -2.02. The van der Waals surface area contributed by atoms with Crippen LogP contribution in [0.5, 0.6) is 0 Å². The number of allylic oxidation sites excluding steroid dienone is 8. The fourth-order valence-electron chi connectivity index (χ4n) is 5.11. The highest BCUT2D eigenvalue weighted by Gasteiger charge is 2.06. The number of carbonyl (C=O) groups excluding carboxylic acids is 1. The summed E-state index contributed by atoms with van der Waals surface area (Å²) in [7, 11) is 0. The van der Waals surface area contributed by atoms with E-state index in [1.807, 2.05) is 0 Å². The largest absolute Gasteiger partial charge is 0.303 e. The summed E-state index contributed by atoms with van der Waals surface area (Å²) in [6.07, 6.45) is 53.0. The van der Waals surface area contributed by atoms with Crippen LogP contribution in [0.2, 0.25) is 0 Å². The first-order chi connectivity index (χ1) is 19.3. The summed E-state index contributed by atoms with van der Waals surface area (Å²) >= 11 is 0. The molecule has 0 radical (unpaired) electrons. The van der Waals surface area contributed by atoms with Crippen molar-refractivity contribution < 1.29 is 4.79 Å². The average molecular weight is 541 g/mol. The molecule has 0 saturated carbocycles. The second-order valence-corrected chi connectivity index (χ2v) is 11.7. The fourth-order valence-corrected chi connectivity index (χ4v) is 5.11. The Labute approximate surface area is 246 Å². The number of hydrogen-bond acceptors (Lipinski definition) is 1. The van der Waals surface area contributed by atoms with Gasteiger partial charge in [0.15, 0.2) is 0 Å². The molecule has 39 heavy (non-hydrogen) atoms. The Morgan fingerprint density at radius 1 is 0.385 bits per heavy atom. The van der Waals surface area contributed by atoms with E-state index < -0.39 is 0 Å². The van der Waals surface area contributed by atoms with Crippen molar-refractivity contribution in [2.75, 3.05) is 0 Å². The second-order valence-electron chi connectivity index (χ2n) is 11.7. The molecule has 0 bridgehead atoms. The maximum atomic E-state index is 11.5. The Hall–Kier alpha value is -1.37. The molecule has 0 heterocycles. The van der Waals surface area contributed by atoms with Gasteiger partial charge in [0.2, 0.25) is 0 Å². The van der Waals surface area contributed by atoms with Gasteiger partial charge in [-0.05, 0) is 57.8 Å². The van der Waals surface area contributed by atoms with E-state index in [2.05, 4.69) is 62.5 Å². The zero-order valence-corrected chi connectivity index (χ0v) is 26.6. The number of rotatable bonds is 31. The molecule has 0 saturated heterocycles. The maximum Gasteiger partial charge on any atom is 0.123 e. The summed E-state index contributed by atoms with van der Waals surface area (Å²) in [6.45, 7) is 4.54. The first-order valence-corrected chi connectivity index (χ1v) is 17.4.